The third-order valence-corrected chi connectivity index (χ3v) is 14.3. The quantitative estimate of drug-likeness (QED) is 0.167. The van der Waals surface area contributed by atoms with E-state index < -0.39 is 0 Å². The molecule has 15 rings (SSSR count). The maximum Gasteiger partial charge on any atom is 0.166 e. The maximum atomic E-state index is 7.08. The predicted octanol–water partition coefficient (Wildman–Crippen LogP) is 16.9. The third-order valence-electron chi connectivity index (χ3n) is 14.3. The fraction of sp³-hybridized carbons (Fsp3) is 0. The van der Waals surface area contributed by atoms with Crippen molar-refractivity contribution in [3.05, 3.63) is 237 Å². The normalized spacial score (nSPS) is 11.9. The van der Waals surface area contributed by atoms with Gasteiger partial charge in [0.05, 0.1) is 27.8 Å². The van der Waals surface area contributed by atoms with Crippen molar-refractivity contribution in [2.75, 3.05) is 0 Å². The van der Waals surface area contributed by atoms with E-state index in [9.17, 15) is 0 Å². The van der Waals surface area contributed by atoms with Gasteiger partial charge in [0.15, 0.2) is 23.1 Å². The molecule has 0 spiro atoms. The molecule has 6 nitrogen and oxygen atoms in total. The summed E-state index contributed by atoms with van der Waals surface area (Å²) in [7, 11) is 0. The smallest absolute Gasteiger partial charge is 0.166 e. The van der Waals surface area contributed by atoms with Crippen LogP contribution >= 0.6 is 0 Å². The van der Waals surface area contributed by atoms with Gasteiger partial charge in [-0.1, -0.05) is 170 Å². The number of hydrogen-bond acceptors (Lipinski definition) is 4. The zero-order valence-corrected chi connectivity index (χ0v) is 38.2. The first-order valence-corrected chi connectivity index (χ1v) is 24.0. The summed E-state index contributed by atoms with van der Waals surface area (Å²) in [5, 5.41) is 11.2. The highest BCUT2D eigenvalue weighted by Crippen LogP contribution is 2.44. The molecule has 0 aliphatic carbocycles. The summed E-state index contributed by atoms with van der Waals surface area (Å²) in [4.78, 5) is 16.4. The lowest BCUT2D eigenvalue weighted by Crippen LogP contribution is -2.03. The fourth-order valence-corrected chi connectivity index (χ4v) is 11.0. The summed E-state index contributed by atoms with van der Waals surface area (Å²) >= 11 is 0. The monoisotopic (exact) mass is 905 g/mol. The molecule has 0 saturated carbocycles. The number of rotatable bonds is 6. The molecule has 0 bridgehead atoms. The second-order valence-electron chi connectivity index (χ2n) is 18.4. The molecule has 4 heterocycles. The molecule has 15 aromatic rings. The van der Waals surface area contributed by atoms with Crippen LogP contribution in [0.4, 0.5) is 0 Å². The van der Waals surface area contributed by atoms with Crippen molar-refractivity contribution >= 4 is 87.1 Å². The van der Waals surface area contributed by atoms with Gasteiger partial charge in [-0.15, -0.1) is 0 Å². The molecule has 0 radical (unpaired) electrons. The minimum atomic E-state index is 0.556. The predicted molar refractivity (Wildman–Crippen MR) is 293 cm³/mol. The van der Waals surface area contributed by atoms with Gasteiger partial charge in [-0.3, -0.25) is 0 Å². The third kappa shape index (κ3) is 6.18. The Morgan fingerprint density at radius 2 is 0.845 bits per heavy atom. The first-order valence-electron chi connectivity index (χ1n) is 24.0. The first-order chi connectivity index (χ1) is 35.2. The van der Waals surface area contributed by atoms with Gasteiger partial charge in [-0.25, -0.2) is 15.0 Å². The summed E-state index contributed by atoms with van der Waals surface area (Å²) in [5.41, 5.74) is 12.8. The Bertz CT molecular complexity index is 4620. The molecule has 0 fully saturated rings. The molecule has 6 heteroatoms. The van der Waals surface area contributed by atoms with Crippen LogP contribution in [0, 0.1) is 0 Å². The molecular formula is C65H39N5O. The standard InChI is InChI=1S/C65H39N5O/c1-3-16-40(17-4-1)41-30-32-42(33-31-41)63-66-64(68-65(67-63)52-27-15-26-51-49-24-11-13-28-56(49)69(61(51)52)48-22-5-2-6-23-48)47-36-55-54-35-44-19-8-10-21-46(44)39-60(54)71-62(55)59(38-47)70-57-29-14-12-25-50(57)53-34-43-18-7-9-20-45(43)37-58(53)70/h1-39H. The number of hydrogen-bond donors (Lipinski definition) is 0. The Morgan fingerprint density at radius 1 is 0.310 bits per heavy atom. The number of furan rings is 1. The molecule has 4 aromatic heterocycles. The maximum absolute atomic E-state index is 7.08. The topological polar surface area (TPSA) is 61.7 Å². The van der Waals surface area contributed by atoms with E-state index in [0.717, 1.165) is 105 Å². The fourth-order valence-electron chi connectivity index (χ4n) is 11.0. The van der Waals surface area contributed by atoms with Gasteiger partial charge in [-0.05, 0) is 99.4 Å². The van der Waals surface area contributed by atoms with Gasteiger partial charge in [0.1, 0.15) is 5.58 Å². The molecule has 11 aromatic carbocycles. The van der Waals surface area contributed by atoms with Crippen LogP contribution in [-0.4, -0.2) is 24.1 Å². The van der Waals surface area contributed by atoms with Crippen LogP contribution in [0.5, 0.6) is 0 Å². The Hall–Kier alpha value is -9.65. The van der Waals surface area contributed by atoms with Crippen molar-refractivity contribution in [2.24, 2.45) is 0 Å². The molecule has 0 aliphatic heterocycles. The van der Waals surface area contributed by atoms with Gasteiger partial charge in [-0.2, -0.15) is 0 Å². The van der Waals surface area contributed by atoms with Crippen LogP contribution in [0.2, 0.25) is 0 Å². The second-order valence-corrected chi connectivity index (χ2v) is 18.4. The van der Waals surface area contributed by atoms with Crippen molar-refractivity contribution in [3.63, 3.8) is 0 Å². The van der Waals surface area contributed by atoms with E-state index in [2.05, 4.69) is 240 Å². The van der Waals surface area contributed by atoms with Gasteiger partial charge in [0.2, 0.25) is 0 Å². The average molecular weight is 906 g/mol. The van der Waals surface area contributed by atoms with E-state index >= 15 is 0 Å². The number of aromatic nitrogens is 5. The summed E-state index contributed by atoms with van der Waals surface area (Å²) in [5.74, 6) is 1.72. The highest BCUT2D eigenvalue weighted by molar-refractivity contribution is 6.18. The van der Waals surface area contributed by atoms with Gasteiger partial charge in [0.25, 0.3) is 0 Å². The van der Waals surface area contributed by atoms with E-state index in [4.69, 9.17) is 19.4 Å². The van der Waals surface area contributed by atoms with Gasteiger partial charge < -0.3 is 13.6 Å². The van der Waals surface area contributed by atoms with Crippen molar-refractivity contribution in [1.29, 1.82) is 0 Å². The van der Waals surface area contributed by atoms with Crippen molar-refractivity contribution in [3.8, 4) is 56.7 Å². The SMILES string of the molecule is c1ccc(-c2ccc(-c3nc(-c4cc(-n5c6ccccc6c6cc7ccccc7cc65)c5oc6cc7ccccc7cc6c5c4)nc(-c4cccc5c6ccccc6n(-c6ccccc6)c45)n3)cc2)cc1. The Morgan fingerprint density at radius 3 is 1.58 bits per heavy atom. The van der Waals surface area contributed by atoms with E-state index in [-0.39, 0.29) is 0 Å². The van der Waals surface area contributed by atoms with Gasteiger partial charge in [0, 0.05) is 54.7 Å². The molecule has 0 saturated heterocycles. The van der Waals surface area contributed by atoms with E-state index in [1.807, 2.05) is 6.07 Å². The van der Waals surface area contributed by atoms with Crippen LogP contribution in [0.3, 0.4) is 0 Å². The van der Waals surface area contributed by atoms with Crippen LogP contribution in [0.25, 0.3) is 144 Å². The number of benzene rings is 11. The highest BCUT2D eigenvalue weighted by atomic mass is 16.3. The molecule has 0 N–H and O–H groups in total. The zero-order chi connectivity index (χ0) is 46.6. The summed E-state index contributed by atoms with van der Waals surface area (Å²) in [6, 6.07) is 83.9. The molecule has 0 amide bonds. The second kappa shape index (κ2) is 15.4. The Kier molecular flexibility index (Phi) is 8.56. The largest absolute Gasteiger partial charge is 0.454 e. The minimum absolute atomic E-state index is 0.556. The lowest BCUT2D eigenvalue weighted by atomic mass is 10.0. The Labute approximate surface area is 407 Å². The van der Waals surface area contributed by atoms with Crippen LogP contribution in [-0.2, 0) is 0 Å². The lowest BCUT2D eigenvalue weighted by Gasteiger charge is -2.14. The molecule has 71 heavy (non-hydrogen) atoms. The zero-order valence-electron chi connectivity index (χ0n) is 38.2. The van der Waals surface area contributed by atoms with E-state index in [0.29, 0.717) is 17.5 Å². The summed E-state index contributed by atoms with van der Waals surface area (Å²) in [6.07, 6.45) is 0. The van der Waals surface area contributed by atoms with Crippen LogP contribution in [0.1, 0.15) is 0 Å². The lowest BCUT2D eigenvalue weighted by molar-refractivity contribution is 0.667. The van der Waals surface area contributed by atoms with E-state index in [1.165, 1.54) is 21.5 Å². The highest BCUT2D eigenvalue weighted by Gasteiger charge is 2.24. The Balaban J connectivity index is 1.04. The number of nitrogens with zero attached hydrogens (tertiary/aromatic N) is 5. The molecule has 0 aliphatic rings. The number of para-hydroxylation sites is 4. The van der Waals surface area contributed by atoms with Crippen LogP contribution < -0.4 is 0 Å². The summed E-state index contributed by atoms with van der Waals surface area (Å²) < 4.78 is 11.8. The van der Waals surface area contributed by atoms with E-state index in [1.54, 1.807) is 0 Å². The average Bonchev–Trinajstić information content (AvgIpc) is 4.09. The molecule has 330 valence electrons. The van der Waals surface area contributed by atoms with Crippen molar-refractivity contribution in [2.45, 2.75) is 0 Å². The minimum Gasteiger partial charge on any atom is -0.454 e. The summed E-state index contributed by atoms with van der Waals surface area (Å²) in [6.45, 7) is 0. The van der Waals surface area contributed by atoms with Crippen LogP contribution in [0.15, 0.2) is 241 Å². The number of fused-ring (bicyclic) bond motifs is 11. The first kappa shape index (κ1) is 39.4. The molecular weight excluding hydrogens is 867 g/mol. The molecule has 0 atom stereocenters. The van der Waals surface area contributed by atoms with Crippen molar-refractivity contribution < 1.29 is 4.42 Å². The van der Waals surface area contributed by atoms with Crippen molar-refractivity contribution in [1.82, 2.24) is 24.1 Å². The molecule has 0 unspecified atom stereocenters. The van der Waals surface area contributed by atoms with Gasteiger partial charge >= 0.3 is 0 Å².